The molecule has 3 N–H and O–H groups in total. The van der Waals surface area contributed by atoms with Crippen molar-refractivity contribution < 1.29 is 5.11 Å². The predicted molar refractivity (Wildman–Crippen MR) is 57.3 cm³/mol. The Morgan fingerprint density at radius 1 is 1.54 bits per heavy atom. The standard InChI is InChI=1S/C10H11NOS/c1-2-6-5-8(12)9(11)7-3-4-13-10(6)7/h3-5,12H,2,11H2,1H3. The van der Waals surface area contributed by atoms with Crippen LogP contribution in [0.2, 0.25) is 0 Å². The summed E-state index contributed by atoms with van der Waals surface area (Å²) in [5.74, 6) is 0.197. The summed E-state index contributed by atoms with van der Waals surface area (Å²) >= 11 is 1.67. The molecule has 0 atom stereocenters. The number of hydrogen-bond donors (Lipinski definition) is 2. The molecule has 0 aliphatic heterocycles. The van der Waals surface area contributed by atoms with Gasteiger partial charge in [0, 0.05) is 10.1 Å². The van der Waals surface area contributed by atoms with E-state index >= 15 is 0 Å². The molecule has 1 heterocycles. The van der Waals surface area contributed by atoms with Crippen LogP contribution in [0.5, 0.6) is 5.75 Å². The number of benzene rings is 1. The summed E-state index contributed by atoms with van der Waals surface area (Å²) in [6, 6.07) is 3.71. The minimum absolute atomic E-state index is 0.197. The zero-order valence-electron chi connectivity index (χ0n) is 7.37. The lowest BCUT2D eigenvalue weighted by molar-refractivity contribution is 0.478. The molecule has 0 spiro atoms. The van der Waals surface area contributed by atoms with E-state index in [0.717, 1.165) is 17.4 Å². The van der Waals surface area contributed by atoms with Crippen molar-refractivity contribution >= 4 is 27.1 Å². The van der Waals surface area contributed by atoms with Gasteiger partial charge in [-0.15, -0.1) is 11.3 Å². The molecule has 2 aromatic rings. The van der Waals surface area contributed by atoms with Crippen LogP contribution in [-0.2, 0) is 6.42 Å². The highest BCUT2D eigenvalue weighted by atomic mass is 32.1. The normalized spacial score (nSPS) is 10.8. The van der Waals surface area contributed by atoms with Crippen LogP contribution in [0.4, 0.5) is 5.69 Å². The molecular formula is C10H11NOS. The number of fused-ring (bicyclic) bond motifs is 1. The number of nitrogens with two attached hydrogens (primary N) is 1. The van der Waals surface area contributed by atoms with Gasteiger partial charge >= 0.3 is 0 Å². The smallest absolute Gasteiger partial charge is 0.139 e. The van der Waals surface area contributed by atoms with Crippen molar-refractivity contribution in [3.05, 3.63) is 23.1 Å². The molecule has 0 saturated heterocycles. The van der Waals surface area contributed by atoms with Crippen LogP contribution < -0.4 is 5.73 Å². The number of hydrogen-bond acceptors (Lipinski definition) is 3. The third kappa shape index (κ3) is 1.16. The molecule has 3 heteroatoms. The number of phenols is 1. The molecule has 2 nitrogen and oxygen atoms in total. The van der Waals surface area contributed by atoms with Gasteiger partial charge in [0.15, 0.2) is 0 Å². The van der Waals surface area contributed by atoms with E-state index in [4.69, 9.17) is 5.73 Å². The number of nitrogen functional groups attached to an aromatic ring is 1. The van der Waals surface area contributed by atoms with Gasteiger partial charge in [0.1, 0.15) is 5.75 Å². The Kier molecular flexibility index (Phi) is 1.88. The number of aryl methyl sites for hydroxylation is 1. The van der Waals surface area contributed by atoms with Crippen LogP contribution >= 0.6 is 11.3 Å². The third-order valence-corrected chi connectivity index (χ3v) is 3.20. The number of thiophene rings is 1. The minimum atomic E-state index is 0.197. The monoisotopic (exact) mass is 193 g/mol. The highest BCUT2D eigenvalue weighted by Gasteiger charge is 2.08. The van der Waals surface area contributed by atoms with Crippen molar-refractivity contribution in [2.75, 3.05) is 5.73 Å². The molecule has 0 amide bonds. The Hall–Kier alpha value is -1.22. The Labute approximate surface area is 80.6 Å². The van der Waals surface area contributed by atoms with E-state index < -0.39 is 0 Å². The maximum absolute atomic E-state index is 9.53. The van der Waals surface area contributed by atoms with Gasteiger partial charge in [-0.05, 0) is 29.5 Å². The lowest BCUT2D eigenvalue weighted by Crippen LogP contribution is -1.89. The van der Waals surface area contributed by atoms with E-state index in [1.807, 2.05) is 11.4 Å². The van der Waals surface area contributed by atoms with Crippen LogP contribution in [0.25, 0.3) is 10.1 Å². The molecule has 13 heavy (non-hydrogen) atoms. The van der Waals surface area contributed by atoms with E-state index in [2.05, 4.69) is 6.92 Å². The quantitative estimate of drug-likeness (QED) is 0.540. The zero-order valence-corrected chi connectivity index (χ0v) is 8.19. The fourth-order valence-electron chi connectivity index (χ4n) is 1.48. The van der Waals surface area contributed by atoms with E-state index in [-0.39, 0.29) is 5.75 Å². The highest BCUT2D eigenvalue weighted by Crippen LogP contribution is 2.36. The van der Waals surface area contributed by atoms with E-state index in [9.17, 15) is 5.11 Å². The molecule has 0 saturated carbocycles. The molecule has 1 aromatic carbocycles. The average molecular weight is 193 g/mol. The lowest BCUT2D eigenvalue weighted by atomic mass is 10.1. The maximum Gasteiger partial charge on any atom is 0.139 e. The fraction of sp³-hybridized carbons (Fsp3) is 0.200. The first-order valence-corrected chi connectivity index (χ1v) is 5.09. The van der Waals surface area contributed by atoms with Crippen LogP contribution in [0.15, 0.2) is 17.5 Å². The summed E-state index contributed by atoms with van der Waals surface area (Å²) in [5.41, 5.74) is 7.40. The molecule has 0 aliphatic rings. The van der Waals surface area contributed by atoms with Gasteiger partial charge in [-0.2, -0.15) is 0 Å². The number of phenolic OH excluding ortho intramolecular Hbond substituents is 1. The Balaban J connectivity index is 2.87. The summed E-state index contributed by atoms with van der Waals surface area (Å²) in [7, 11) is 0. The van der Waals surface area contributed by atoms with Crippen molar-refractivity contribution in [3.8, 4) is 5.75 Å². The summed E-state index contributed by atoms with van der Waals surface area (Å²) in [5, 5.41) is 12.5. The molecule has 68 valence electrons. The van der Waals surface area contributed by atoms with Crippen molar-refractivity contribution in [2.24, 2.45) is 0 Å². The molecule has 1 aromatic heterocycles. The second-order valence-electron chi connectivity index (χ2n) is 2.99. The van der Waals surface area contributed by atoms with Gasteiger partial charge in [-0.25, -0.2) is 0 Å². The van der Waals surface area contributed by atoms with E-state index in [1.54, 1.807) is 17.4 Å². The largest absolute Gasteiger partial charge is 0.506 e. The van der Waals surface area contributed by atoms with Crippen molar-refractivity contribution in [1.82, 2.24) is 0 Å². The van der Waals surface area contributed by atoms with E-state index in [0.29, 0.717) is 5.69 Å². The predicted octanol–water partition coefficient (Wildman–Crippen LogP) is 2.75. The first-order chi connectivity index (χ1) is 6.24. The molecule has 0 fully saturated rings. The highest BCUT2D eigenvalue weighted by molar-refractivity contribution is 7.17. The fourth-order valence-corrected chi connectivity index (χ4v) is 2.48. The average Bonchev–Trinajstić information content (AvgIpc) is 2.60. The van der Waals surface area contributed by atoms with Crippen LogP contribution in [0.3, 0.4) is 0 Å². The summed E-state index contributed by atoms with van der Waals surface area (Å²) < 4.78 is 1.19. The summed E-state index contributed by atoms with van der Waals surface area (Å²) in [4.78, 5) is 0. The SMILES string of the molecule is CCc1cc(O)c(N)c2ccsc12. The summed E-state index contributed by atoms with van der Waals surface area (Å²) in [6.07, 6.45) is 0.921. The van der Waals surface area contributed by atoms with Gasteiger partial charge in [-0.1, -0.05) is 6.92 Å². The number of aromatic hydroxyl groups is 1. The Morgan fingerprint density at radius 3 is 3.00 bits per heavy atom. The zero-order chi connectivity index (χ0) is 9.42. The summed E-state index contributed by atoms with van der Waals surface area (Å²) in [6.45, 7) is 2.07. The van der Waals surface area contributed by atoms with Gasteiger partial charge < -0.3 is 10.8 Å². The van der Waals surface area contributed by atoms with Crippen LogP contribution in [0, 0.1) is 0 Å². The molecule has 0 radical (unpaired) electrons. The van der Waals surface area contributed by atoms with E-state index in [1.165, 1.54) is 4.70 Å². The van der Waals surface area contributed by atoms with Gasteiger partial charge in [0.25, 0.3) is 0 Å². The molecule has 2 rings (SSSR count). The number of anilines is 1. The van der Waals surface area contributed by atoms with Gasteiger partial charge in [0.2, 0.25) is 0 Å². The van der Waals surface area contributed by atoms with Gasteiger partial charge in [-0.3, -0.25) is 0 Å². The minimum Gasteiger partial charge on any atom is -0.506 e. The van der Waals surface area contributed by atoms with Crippen LogP contribution in [-0.4, -0.2) is 5.11 Å². The molecule has 0 aliphatic carbocycles. The van der Waals surface area contributed by atoms with Crippen molar-refractivity contribution in [3.63, 3.8) is 0 Å². The molecule has 0 bridgehead atoms. The maximum atomic E-state index is 9.53. The van der Waals surface area contributed by atoms with Crippen molar-refractivity contribution in [2.45, 2.75) is 13.3 Å². The lowest BCUT2D eigenvalue weighted by Gasteiger charge is -2.04. The first-order valence-electron chi connectivity index (χ1n) is 4.21. The van der Waals surface area contributed by atoms with Crippen molar-refractivity contribution in [1.29, 1.82) is 0 Å². The van der Waals surface area contributed by atoms with Crippen LogP contribution in [0.1, 0.15) is 12.5 Å². The Bertz CT molecular complexity index is 447. The second-order valence-corrected chi connectivity index (χ2v) is 3.90. The first kappa shape index (κ1) is 8.38. The Morgan fingerprint density at radius 2 is 2.31 bits per heavy atom. The molecular weight excluding hydrogens is 182 g/mol. The number of rotatable bonds is 1. The molecule has 0 unspecified atom stereocenters. The topological polar surface area (TPSA) is 46.2 Å². The van der Waals surface area contributed by atoms with Gasteiger partial charge in [0.05, 0.1) is 5.69 Å². The third-order valence-electron chi connectivity index (χ3n) is 2.21. The second kappa shape index (κ2) is 2.92.